The molecule has 0 bridgehead atoms. The van der Waals surface area contributed by atoms with E-state index >= 15 is 0 Å². The van der Waals surface area contributed by atoms with Gasteiger partial charge in [0.15, 0.2) is 0 Å². The Bertz CT molecular complexity index is 901. The van der Waals surface area contributed by atoms with Gasteiger partial charge in [-0.2, -0.15) is 4.31 Å². The minimum absolute atomic E-state index is 0.0973. The summed E-state index contributed by atoms with van der Waals surface area (Å²) in [6.07, 6.45) is 1.77. The van der Waals surface area contributed by atoms with Crippen molar-refractivity contribution in [2.75, 3.05) is 33.7 Å². The summed E-state index contributed by atoms with van der Waals surface area (Å²) in [7, 11) is 0.469. The number of carbonyl (C=O) groups is 1. The van der Waals surface area contributed by atoms with Gasteiger partial charge in [-0.25, -0.2) is 8.42 Å². The highest BCUT2D eigenvalue weighted by Gasteiger charge is 2.28. The van der Waals surface area contributed by atoms with Gasteiger partial charge in [0, 0.05) is 30.1 Å². The third kappa shape index (κ3) is 5.25. The summed E-state index contributed by atoms with van der Waals surface area (Å²) >= 11 is 1.66. The van der Waals surface area contributed by atoms with E-state index in [0.717, 1.165) is 12.8 Å². The Hall–Kier alpha value is -1.74. The summed E-state index contributed by atoms with van der Waals surface area (Å²) in [6, 6.07) is 10.4. The number of nitrogens with one attached hydrogen (secondary N) is 1. The van der Waals surface area contributed by atoms with Crippen LogP contribution in [0.5, 0.6) is 0 Å². The molecule has 1 aliphatic rings. The van der Waals surface area contributed by atoms with Gasteiger partial charge in [-0.3, -0.25) is 4.79 Å². The fourth-order valence-electron chi connectivity index (χ4n) is 3.46. The summed E-state index contributed by atoms with van der Waals surface area (Å²) in [4.78, 5) is 16.1. The zero-order valence-electron chi connectivity index (χ0n) is 17.2. The van der Waals surface area contributed by atoms with Gasteiger partial charge in [0.05, 0.1) is 10.9 Å². The van der Waals surface area contributed by atoms with E-state index in [0.29, 0.717) is 31.1 Å². The zero-order chi connectivity index (χ0) is 21.0. The van der Waals surface area contributed by atoms with E-state index in [-0.39, 0.29) is 16.8 Å². The Morgan fingerprint density at radius 3 is 2.41 bits per heavy atom. The number of carbonyl (C=O) groups excluding carboxylic acids is 1. The van der Waals surface area contributed by atoms with Crippen LogP contribution in [0.2, 0.25) is 0 Å². The van der Waals surface area contributed by atoms with E-state index in [1.807, 2.05) is 25.5 Å². The van der Waals surface area contributed by atoms with Gasteiger partial charge in [0.1, 0.15) is 0 Å². The zero-order valence-corrected chi connectivity index (χ0v) is 18.8. The van der Waals surface area contributed by atoms with Crippen LogP contribution in [0, 0.1) is 5.92 Å². The lowest BCUT2D eigenvalue weighted by Gasteiger charge is -2.29. The molecule has 0 aliphatic carbocycles. The van der Waals surface area contributed by atoms with Crippen LogP contribution in [-0.2, 0) is 10.0 Å². The Morgan fingerprint density at radius 1 is 1.21 bits per heavy atom. The van der Waals surface area contributed by atoms with Crippen molar-refractivity contribution in [1.29, 1.82) is 0 Å². The monoisotopic (exact) mass is 435 g/mol. The van der Waals surface area contributed by atoms with E-state index in [2.05, 4.69) is 23.2 Å². The minimum Gasteiger partial charge on any atom is -0.350 e. The standard InChI is InChI=1S/C21H29N3O3S2/c1-16-10-12-24(13-11-16)29(26,27)18-8-6-17(7-9-18)21(25)22-15-19(23(2)3)20-5-4-14-28-20/h4-9,14,16,19H,10-13,15H2,1-3H3,(H,22,25). The van der Waals surface area contributed by atoms with Crippen molar-refractivity contribution >= 4 is 27.3 Å². The second-order valence-electron chi connectivity index (χ2n) is 7.82. The van der Waals surface area contributed by atoms with Crippen molar-refractivity contribution in [2.24, 2.45) is 5.92 Å². The van der Waals surface area contributed by atoms with Crippen LogP contribution in [-0.4, -0.2) is 57.3 Å². The number of thiophene rings is 1. The number of hydrogen-bond acceptors (Lipinski definition) is 5. The number of sulfonamides is 1. The predicted octanol–water partition coefficient (Wildman–Crippen LogP) is 3.20. The topological polar surface area (TPSA) is 69.7 Å². The minimum atomic E-state index is -3.50. The lowest BCUT2D eigenvalue weighted by atomic mass is 10.0. The largest absolute Gasteiger partial charge is 0.350 e. The molecule has 3 rings (SSSR count). The van der Waals surface area contributed by atoms with Gasteiger partial charge >= 0.3 is 0 Å². The van der Waals surface area contributed by atoms with E-state index in [4.69, 9.17) is 0 Å². The number of piperidine rings is 1. The van der Waals surface area contributed by atoms with E-state index in [1.54, 1.807) is 27.8 Å². The first kappa shape index (κ1) is 22.0. The lowest BCUT2D eigenvalue weighted by Crippen LogP contribution is -2.37. The summed E-state index contributed by atoms with van der Waals surface area (Å²) < 4.78 is 27.2. The highest BCUT2D eigenvalue weighted by atomic mass is 32.2. The number of likely N-dealkylation sites (N-methyl/N-ethyl adjacent to an activating group) is 1. The molecule has 0 saturated carbocycles. The summed E-state index contributed by atoms with van der Waals surface area (Å²) in [5.74, 6) is 0.358. The first-order valence-corrected chi connectivity index (χ1v) is 12.2. The van der Waals surface area contributed by atoms with Gasteiger partial charge in [-0.1, -0.05) is 13.0 Å². The van der Waals surface area contributed by atoms with E-state index in [9.17, 15) is 13.2 Å². The van der Waals surface area contributed by atoms with Crippen molar-refractivity contribution in [3.05, 3.63) is 52.2 Å². The highest BCUT2D eigenvalue weighted by molar-refractivity contribution is 7.89. The van der Waals surface area contributed by atoms with Crippen molar-refractivity contribution in [3.8, 4) is 0 Å². The van der Waals surface area contributed by atoms with E-state index in [1.165, 1.54) is 17.0 Å². The first-order chi connectivity index (χ1) is 13.8. The van der Waals surface area contributed by atoms with Crippen LogP contribution >= 0.6 is 11.3 Å². The molecule has 8 heteroatoms. The maximum absolute atomic E-state index is 12.8. The molecule has 158 valence electrons. The Balaban J connectivity index is 1.64. The van der Waals surface area contributed by atoms with Crippen molar-refractivity contribution in [3.63, 3.8) is 0 Å². The molecule has 29 heavy (non-hydrogen) atoms. The highest BCUT2D eigenvalue weighted by Crippen LogP contribution is 2.24. The Kier molecular flexibility index (Phi) is 7.10. The normalized spacial score (nSPS) is 17.4. The first-order valence-electron chi connectivity index (χ1n) is 9.87. The van der Waals surface area contributed by atoms with Crippen LogP contribution < -0.4 is 5.32 Å². The van der Waals surface area contributed by atoms with Gasteiger partial charge in [-0.05, 0) is 68.6 Å². The predicted molar refractivity (Wildman–Crippen MR) is 117 cm³/mol. The molecule has 2 aromatic rings. The molecule has 1 amide bonds. The molecular formula is C21H29N3O3S2. The average Bonchev–Trinajstić information content (AvgIpc) is 3.22. The van der Waals surface area contributed by atoms with E-state index < -0.39 is 10.0 Å². The van der Waals surface area contributed by atoms with Crippen molar-refractivity contribution < 1.29 is 13.2 Å². The van der Waals surface area contributed by atoms with Gasteiger partial charge in [0.2, 0.25) is 10.0 Å². The second-order valence-corrected chi connectivity index (χ2v) is 10.7. The molecule has 1 unspecified atom stereocenters. The van der Waals surface area contributed by atoms with Gasteiger partial charge in [-0.15, -0.1) is 11.3 Å². The van der Waals surface area contributed by atoms with Crippen LogP contribution in [0.3, 0.4) is 0 Å². The molecule has 1 fully saturated rings. The van der Waals surface area contributed by atoms with Crippen LogP contribution in [0.15, 0.2) is 46.7 Å². The summed E-state index contributed by atoms with van der Waals surface area (Å²) in [6.45, 7) is 3.75. The maximum Gasteiger partial charge on any atom is 0.251 e. The number of benzene rings is 1. The molecule has 1 atom stereocenters. The number of rotatable bonds is 7. The number of nitrogens with zero attached hydrogens (tertiary/aromatic N) is 2. The Morgan fingerprint density at radius 2 is 1.86 bits per heavy atom. The molecule has 1 aliphatic heterocycles. The summed E-state index contributed by atoms with van der Waals surface area (Å²) in [5, 5.41) is 4.98. The fourth-order valence-corrected chi connectivity index (χ4v) is 5.85. The third-order valence-corrected chi connectivity index (χ3v) is 8.33. The molecule has 1 N–H and O–H groups in total. The molecule has 1 aromatic carbocycles. The fraction of sp³-hybridized carbons (Fsp3) is 0.476. The molecule has 1 saturated heterocycles. The second kappa shape index (κ2) is 9.38. The molecule has 0 radical (unpaired) electrons. The molecule has 6 nitrogen and oxygen atoms in total. The average molecular weight is 436 g/mol. The van der Waals surface area contributed by atoms with Crippen molar-refractivity contribution in [2.45, 2.75) is 30.7 Å². The van der Waals surface area contributed by atoms with Crippen LogP contribution in [0.4, 0.5) is 0 Å². The van der Waals surface area contributed by atoms with Gasteiger partial charge in [0.25, 0.3) is 5.91 Å². The SMILES string of the molecule is CC1CCN(S(=O)(=O)c2ccc(C(=O)NCC(c3cccs3)N(C)C)cc2)CC1. The molecule has 0 spiro atoms. The van der Waals surface area contributed by atoms with Crippen LogP contribution in [0.1, 0.15) is 41.0 Å². The smallest absolute Gasteiger partial charge is 0.251 e. The molecule has 2 heterocycles. The quantitative estimate of drug-likeness (QED) is 0.725. The van der Waals surface area contributed by atoms with Gasteiger partial charge < -0.3 is 10.2 Å². The van der Waals surface area contributed by atoms with Crippen molar-refractivity contribution in [1.82, 2.24) is 14.5 Å². The lowest BCUT2D eigenvalue weighted by molar-refractivity contribution is 0.0942. The Labute approximate surface area is 177 Å². The number of amides is 1. The molecule has 1 aromatic heterocycles. The maximum atomic E-state index is 12.8. The third-order valence-electron chi connectivity index (χ3n) is 5.45. The number of hydrogen-bond donors (Lipinski definition) is 1. The summed E-state index contributed by atoms with van der Waals surface area (Å²) in [5.41, 5.74) is 0.458. The molecular weight excluding hydrogens is 406 g/mol. The van der Waals surface area contributed by atoms with Crippen LogP contribution in [0.25, 0.3) is 0 Å².